The quantitative estimate of drug-likeness (QED) is 0.165. The zero-order chi connectivity index (χ0) is 43.0. The van der Waals surface area contributed by atoms with Crippen LogP contribution in [0.2, 0.25) is 0 Å². The zero-order valence-corrected chi connectivity index (χ0v) is 36.1. The van der Waals surface area contributed by atoms with Crippen LogP contribution < -0.4 is 0 Å². The van der Waals surface area contributed by atoms with E-state index < -0.39 is 0 Å². The maximum Gasteiger partial charge on any atom is 0.0635 e. The molecule has 0 bridgehead atoms. The molecule has 0 fully saturated rings. The first-order chi connectivity index (χ1) is 32.0. The van der Waals surface area contributed by atoms with Gasteiger partial charge in [0.05, 0.1) is 33.1 Å². The van der Waals surface area contributed by atoms with E-state index in [9.17, 15) is 0 Å². The maximum atomic E-state index is 2.52. The first kappa shape index (κ1) is 36.2. The van der Waals surface area contributed by atoms with E-state index in [1.165, 1.54) is 104 Å². The van der Waals surface area contributed by atoms with E-state index in [4.69, 9.17) is 0 Å². The number of benzene rings is 9. The third kappa shape index (κ3) is 5.08. The van der Waals surface area contributed by atoms with Crippen molar-refractivity contribution in [3.8, 4) is 45.0 Å². The van der Waals surface area contributed by atoms with Crippen LogP contribution in [-0.4, -0.2) is 18.3 Å². The zero-order valence-electron chi connectivity index (χ0n) is 36.1. The fourth-order valence-electron chi connectivity index (χ4n) is 11.4. The van der Waals surface area contributed by atoms with Gasteiger partial charge < -0.3 is 18.3 Å². The van der Waals surface area contributed by atoms with Crippen molar-refractivity contribution in [2.24, 2.45) is 0 Å². The second-order valence-electron chi connectivity index (χ2n) is 18.2. The smallest absolute Gasteiger partial charge is 0.0635 e. The molecule has 0 atom stereocenters. The van der Waals surface area contributed by atoms with Crippen molar-refractivity contribution in [1.29, 1.82) is 0 Å². The van der Waals surface area contributed by atoms with Gasteiger partial charge in [0.2, 0.25) is 0 Å². The number of aromatic nitrogens is 4. The van der Waals surface area contributed by atoms with E-state index in [2.05, 4.69) is 251 Å². The van der Waals surface area contributed by atoms with Gasteiger partial charge in [0.25, 0.3) is 0 Å². The van der Waals surface area contributed by atoms with E-state index >= 15 is 0 Å². The topological polar surface area (TPSA) is 19.7 Å². The van der Waals surface area contributed by atoms with Gasteiger partial charge in [0, 0.05) is 72.9 Å². The van der Waals surface area contributed by atoms with Crippen molar-refractivity contribution in [3.63, 3.8) is 0 Å². The molecule has 65 heavy (non-hydrogen) atoms. The highest BCUT2D eigenvalue weighted by molar-refractivity contribution is 6.21. The van der Waals surface area contributed by atoms with E-state index in [0.29, 0.717) is 0 Å². The maximum absolute atomic E-state index is 2.52. The van der Waals surface area contributed by atoms with Gasteiger partial charge in [-0.1, -0.05) is 123 Å². The summed E-state index contributed by atoms with van der Waals surface area (Å²) in [7, 11) is 0. The second kappa shape index (κ2) is 13.3. The van der Waals surface area contributed by atoms with Crippen molar-refractivity contribution < 1.29 is 0 Å². The van der Waals surface area contributed by atoms with Gasteiger partial charge in [-0.3, -0.25) is 0 Å². The first-order valence-corrected chi connectivity index (χ1v) is 22.6. The summed E-state index contributed by atoms with van der Waals surface area (Å²) in [6.07, 6.45) is 4.43. The Hall–Kier alpha value is -8.34. The van der Waals surface area contributed by atoms with Gasteiger partial charge in [-0.15, -0.1) is 0 Å². The minimum Gasteiger partial charge on any atom is -0.316 e. The lowest BCUT2D eigenvalue weighted by Crippen LogP contribution is -2.15. The lowest BCUT2D eigenvalue weighted by atomic mass is 9.82. The average Bonchev–Trinajstić information content (AvgIpc) is 4.18. The van der Waals surface area contributed by atoms with E-state index in [1.54, 1.807) is 0 Å². The van der Waals surface area contributed by atoms with Crippen LogP contribution in [0.4, 0.5) is 0 Å². The van der Waals surface area contributed by atoms with Gasteiger partial charge in [0.1, 0.15) is 0 Å². The van der Waals surface area contributed by atoms with E-state index in [1.807, 2.05) is 0 Å². The molecule has 0 saturated carbocycles. The Labute approximate surface area is 376 Å². The molecular formula is C61H42N4. The highest BCUT2D eigenvalue weighted by Gasteiger charge is 2.35. The molecule has 0 N–H and O–H groups in total. The number of fused-ring (bicyclic) bond motifs is 13. The highest BCUT2D eigenvalue weighted by atomic mass is 15.0. The Kier molecular flexibility index (Phi) is 7.42. The summed E-state index contributed by atoms with van der Waals surface area (Å²) in [4.78, 5) is 0. The Balaban J connectivity index is 0.993. The average molecular weight is 831 g/mol. The van der Waals surface area contributed by atoms with Gasteiger partial charge >= 0.3 is 0 Å². The number of hydrogen-bond acceptors (Lipinski definition) is 0. The summed E-state index contributed by atoms with van der Waals surface area (Å²) in [5.41, 5.74) is 19.6. The molecule has 0 unspecified atom stereocenters. The summed E-state index contributed by atoms with van der Waals surface area (Å²) in [5.74, 6) is 0. The van der Waals surface area contributed by atoms with Gasteiger partial charge in [0.15, 0.2) is 0 Å². The molecule has 4 nitrogen and oxygen atoms in total. The van der Waals surface area contributed by atoms with Crippen molar-refractivity contribution in [2.75, 3.05) is 0 Å². The van der Waals surface area contributed by atoms with Crippen LogP contribution in [-0.2, 0) is 5.41 Å². The van der Waals surface area contributed by atoms with Gasteiger partial charge in [-0.2, -0.15) is 0 Å². The molecule has 13 aromatic rings. The Morgan fingerprint density at radius 2 is 0.769 bits per heavy atom. The van der Waals surface area contributed by atoms with Crippen LogP contribution >= 0.6 is 0 Å². The summed E-state index contributed by atoms with van der Waals surface area (Å²) >= 11 is 0. The van der Waals surface area contributed by atoms with Crippen LogP contribution in [0.1, 0.15) is 25.0 Å². The summed E-state index contributed by atoms with van der Waals surface area (Å²) in [6.45, 7) is 4.74. The number of rotatable bonds is 5. The summed E-state index contributed by atoms with van der Waals surface area (Å²) < 4.78 is 9.59. The van der Waals surface area contributed by atoms with E-state index in [-0.39, 0.29) is 5.41 Å². The molecule has 1 aliphatic carbocycles. The Bertz CT molecular complexity index is 4060. The molecule has 14 rings (SSSR count). The second-order valence-corrected chi connectivity index (χ2v) is 18.2. The molecule has 0 saturated heterocycles. The molecular weight excluding hydrogens is 789 g/mol. The normalized spacial score (nSPS) is 13.2. The molecule has 1 aliphatic rings. The van der Waals surface area contributed by atoms with Crippen LogP contribution in [0.15, 0.2) is 219 Å². The molecule has 0 radical (unpaired) electrons. The van der Waals surface area contributed by atoms with E-state index in [0.717, 1.165) is 17.1 Å². The van der Waals surface area contributed by atoms with Crippen LogP contribution in [0.5, 0.6) is 0 Å². The molecule has 9 aromatic carbocycles. The number of hydrogen-bond donors (Lipinski definition) is 0. The minimum absolute atomic E-state index is 0.111. The van der Waals surface area contributed by atoms with Crippen molar-refractivity contribution in [3.05, 3.63) is 230 Å². The van der Waals surface area contributed by atoms with Crippen LogP contribution in [0, 0.1) is 0 Å². The highest BCUT2D eigenvalue weighted by Crippen LogP contribution is 2.50. The lowest BCUT2D eigenvalue weighted by molar-refractivity contribution is 0.660. The van der Waals surface area contributed by atoms with Crippen LogP contribution in [0.25, 0.3) is 110 Å². The number of para-hydroxylation sites is 3. The monoisotopic (exact) mass is 830 g/mol. The van der Waals surface area contributed by atoms with Crippen molar-refractivity contribution in [1.82, 2.24) is 18.3 Å². The predicted octanol–water partition coefficient (Wildman–Crippen LogP) is 15.7. The molecule has 4 aromatic heterocycles. The SMILES string of the molecule is CC1(C)c2ccccc2-c2ccc(-n3c4ccc(-c5ccc6c(c5)c5ccc7c(ccn7-c7ccccc7)c5n6-c5ccccc5)cc4c4ccc5c(ccn5-c5ccccc5)c43)cc21. The molecule has 0 aliphatic heterocycles. The molecule has 306 valence electrons. The fourth-order valence-corrected chi connectivity index (χ4v) is 11.4. The Morgan fingerprint density at radius 3 is 1.32 bits per heavy atom. The Morgan fingerprint density at radius 1 is 0.308 bits per heavy atom. The van der Waals surface area contributed by atoms with Crippen molar-refractivity contribution >= 4 is 65.4 Å². The van der Waals surface area contributed by atoms with Crippen LogP contribution in [0.3, 0.4) is 0 Å². The third-order valence-corrected chi connectivity index (χ3v) is 14.4. The lowest BCUT2D eigenvalue weighted by Gasteiger charge is -2.22. The molecule has 4 heterocycles. The standard InChI is InChI=1S/C61H42N4/c1-61(2)53-21-13-12-20-45(53)46-25-24-44(38-54(46)61)65-58-29-23-40(37-52(58)48-27-31-56-50(60(48)65)33-35-63(56)42-16-8-4-9-17-42)39-22-28-57-51(36-39)47-26-30-55-49(32-34-62(55)41-14-6-3-7-15-41)59(47)64(57)43-18-10-5-11-19-43/h3-38H,1-2H3. The fraction of sp³-hybridized carbons (Fsp3) is 0.0492. The molecule has 0 amide bonds. The van der Waals surface area contributed by atoms with Gasteiger partial charge in [-0.25, -0.2) is 0 Å². The largest absolute Gasteiger partial charge is 0.316 e. The minimum atomic E-state index is -0.111. The summed E-state index contributed by atoms with van der Waals surface area (Å²) in [5, 5.41) is 7.43. The number of nitrogens with zero attached hydrogens (tertiary/aromatic N) is 4. The molecule has 0 spiro atoms. The summed E-state index contributed by atoms with van der Waals surface area (Å²) in [6, 6.07) is 76.2. The first-order valence-electron chi connectivity index (χ1n) is 22.6. The van der Waals surface area contributed by atoms with Gasteiger partial charge in [-0.05, 0) is 130 Å². The van der Waals surface area contributed by atoms with Crippen molar-refractivity contribution in [2.45, 2.75) is 19.3 Å². The molecule has 4 heteroatoms. The predicted molar refractivity (Wildman–Crippen MR) is 272 cm³/mol. The third-order valence-electron chi connectivity index (χ3n) is 14.4.